The molecule has 5 heteroatoms. The molecule has 1 aliphatic carbocycles. The Bertz CT molecular complexity index is 799. The highest BCUT2D eigenvalue weighted by Crippen LogP contribution is 2.26. The lowest BCUT2D eigenvalue weighted by molar-refractivity contribution is -0.119. The first-order chi connectivity index (χ1) is 11.3. The van der Waals surface area contributed by atoms with Gasteiger partial charge in [-0.15, -0.1) is 0 Å². The first kappa shape index (κ1) is 13.9. The van der Waals surface area contributed by atoms with Gasteiger partial charge in [0.2, 0.25) is 11.7 Å². The van der Waals surface area contributed by atoms with Crippen LogP contribution in [0.2, 0.25) is 0 Å². The third kappa shape index (κ3) is 2.82. The van der Waals surface area contributed by atoms with Crippen molar-refractivity contribution in [3.63, 3.8) is 0 Å². The molecule has 0 aliphatic heterocycles. The second-order valence-electron chi connectivity index (χ2n) is 6.00. The molecule has 1 N–H and O–H groups in total. The summed E-state index contributed by atoms with van der Waals surface area (Å²) in [4.78, 5) is 20.9. The van der Waals surface area contributed by atoms with Crippen LogP contribution in [-0.4, -0.2) is 20.3 Å². The number of amides is 1. The zero-order valence-corrected chi connectivity index (χ0v) is 12.8. The van der Waals surface area contributed by atoms with Crippen molar-refractivity contribution in [2.45, 2.75) is 25.7 Å². The van der Waals surface area contributed by atoms with E-state index in [9.17, 15) is 4.79 Å². The molecule has 0 radical (unpaired) electrons. The van der Waals surface area contributed by atoms with Crippen LogP contribution in [0, 0.1) is 5.92 Å². The van der Waals surface area contributed by atoms with Crippen LogP contribution in [0.4, 0.5) is 5.69 Å². The number of benzene rings is 1. The smallest absolute Gasteiger partial charge is 0.234 e. The summed E-state index contributed by atoms with van der Waals surface area (Å²) < 4.78 is 1.89. The molecule has 1 saturated carbocycles. The molecular formula is C18H18N4O. The van der Waals surface area contributed by atoms with Crippen molar-refractivity contribution in [2.24, 2.45) is 5.92 Å². The number of hydrogen-bond donors (Lipinski definition) is 1. The van der Waals surface area contributed by atoms with Gasteiger partial charge in [-0.2, -0.15) is 0 Å². The molecule has 3 aromatic rings. The summed E-state index contributed by atoms with van der Waals surface area (Å²) in [7, 11) is 0. The van der Waals surface area contributed by atoms with Crippen LogP contribution < -0.4 is 5.32 Å². The van der Waals surface area contributed by atoms with Crippen molar-refractivity contribution in [1.82, 2.24) is 14.4 Å². The fraction of sp³-hybridized carbons (Fsp3) is 0.278. The number of hydrogen-bond acceptors (Lipinski definition) is 3. The van der Waals surface area contributed by atoms with E-state index in [1.165, 1.54) is 12.8 Å². The Morgan fingerprint density at radius 2 is 1.96 bits per heavy atom. The van der Waals surface area contributed by atoms with Gasteiger partial charge in [0, 0.05) is 35.8 Å². The topological polar surface area (TPSA) is 59.3 Å². The Morgan fingerprint density at radius 3 is 2.70 bits per heavy atom. The zero-order chi connectivity index (χ0) is 15.6. The Labute approximate surface area is 134 Å². The molecule has 0 unspecified atom stereocenters. The van der Waals surface area contributed by atoms with Gasteiger partial charge in [0.05, 0.1) is 5.69 Å². The van der Waals surface area contributed by atoms with E-state index >= 15 is 0 Å². The Balaban J connectivity index is 1.52. The molecule has 0 saturated heterocycles. The summed E-state index contributed by atoms with van der Waals surface area (Å²) in [6, 6.07) is 9.69. The summed E-state index contributed by atoms with van der Waals surface area (Å²) in [5.74, 6) is 1.01. The average molecular weight is 306 g/mol. The van der Waals surface area contributed by atoms with Gasteiger partial charge in [-0.05, 0) is 31.0 Å². The second-order valence-corrected chi connectivity index (χ2v) is 6.00. The van der Waals surface area contributed by atoms with E-state index < -0.39 is 0 Å². The molecule has 23 heavy (non-hydrogen) atoms. The first-order valence-electron chi connectivity index (χ1n) is 8.01. The monoisotopic (exact) mass is 306 g/mol. The molecule has 116 valence electrons. The van der Waals surface area contributed by atoms with Crippen molar-refractivity contribution >= 4 is 17.4 Å². The van der Waals surface area contributed by atoms with Crippen molar-refractivity contribution in [3.8, 4) is 11.3 Å². The van der Waals surface area contributed by atoms with Crippen molar-refractivity contribution < 1.29 is 4.79 Å². The molecule has 0 spiro atoms. The van der Waals surface area contributed by atoms with Gasteiger partial charge in [-0.1, -0.05) is 25.0 Å². The number of rotatable bonds is 3. The lowest BCUT2D eigenvalue weighted by Crippen LogP contribution is -2.20. The standard InChI is InChI=1S/C18H18N4O/c23-17(14-4-1-2-5-14)20-15-8-6-13(7-9-15)16-12-22-11-3-10-19-18(22)21-16/h3,6-12,14H,1-2,4-5H2,(H,20,23). The summed E-state index contributed by atoms with van der Waals surface area (Å²) in [5.41, 5.74) is 2.72. The van der Waals surface area contributed by atoms with E-state index in [1.54, 1.807) is 6.20 Å². The van der Waals surface area contributed by atoms with Crippen molar-refractivity contribution in [1.29, 1.82) is 0 Å². The Morgan fingerprint density at radius 1 is 1.17 bits per heavy atom. The van der Waals surface area contributed by atoms with E-state index in [-0.39, 0.29) is 11.8 Å². The van der Waals surface area contributed by atoms with Crippen LogP contribution in [0.25, 0.3) is 17.0 Å². The van der Waals surface area contributed by atoms with E-state index in [0.29, 0.717) is 5.78 Å². The molecule has 5 nitrogen and oxygen atoms in total. The van der Waals surface area contributed by atoms with Crippen LogP contribution in [0.15, 0.2) is 48.9 Å². The predicted octanol–water partition coefficient (Wildman–Crippen LogP) is 3.53. The molecular weight excluding hydrogens is 288 g/mol. The third-order valence-electron chi connectivity index (χ3n) is 4.41. The van der Waals surface area contributed by atoms with Crippen LogP contribution in [0.5, 0.6) is 0 Å². The number of nitrogens with zero attached hydrogens (tertiary/aromatic N) is 3. The molecule has 1 aliphatic rings. The zero-order valence-electron chi connectivity index (χ0n) is 12.8. The highest BCUT2D eigenvalue weighted by Gasteiger charge is 2.22. The molecule has 4 rings (SSSR count). The van der Waals surface area contributed by atoms with Crippen LogP contribution in [-0.2, 0) is 4.79 Å². The second kappa shape index (κ2) is 5.83. The van der Waals surface area contributed by atoms with E-state index in [4.69, 9.17) is 0 Å². The Kier molecular flexibility index (Phi) is 3.54. The minimum Gasteiger partial charge on any atom is -0.326 e. The number of carbonyl (C=O) groups is 1. The molecule has 1 aromatic carbocycles. The molecule has 2 heterocycles. The SMILES string of the molecule is O=C(Nc1ccc(-c2cn3cccnc3n2)cc1)C1CCCC1. The van der Waals surface area contributed by atoms with Gasteiger partial charge >= 0.3 is 0 Å². The summed E-state index contributed by atoms with van der Waals surface area (Å²) >= 11 is 0. The quantitative estimate of drug-likeness (QED) is 0.805. The molecule has 0 bridgehead atoms. The van der Waals surface area contributed by atoms with E-state index in [0.717, 1.165) is 29.8 Å². The van der Waals surface area contributed by atoms with E-state index in [1.807, 2.05) is 47.1 Å². The number of nitrogens with one attached hydrogen (secondary N) is 1. The molecule has 1 amide bonds. The van der Waals surface area contributed by atoms with Gasteiger partial charge in [-0.25, -0.2) is 9.97 Å². The molecule has 0 atom stereocenters. The maximum Gasteiger partial charge on any atom is 0.234 e. The van der Waals surface area contributed by atoms with Crippen molar-refractivity contribution in [2.75, 3.05) is 5.32 Å². The minimum atomic E-state index is 0.146. The first-order valence-corrected chi connectivity index (χ1v) is 8.01. The fourth-order valence-electron chi connectivity index (χ4n) is 3.13. The maximum absolute atomic E-state index is 12.2. The largest absolute Gasteiger partial charge is 0.326 e. The van der Waals surface area contributed by atoms with Gasteiger partial charge in [0.25, 0.3) is 0 Å². The maximum atomic E-state index is 12.2. The molecule has 1 fully saturated rings. The average Bonchev–Trinajstić information content (AvgIpc) is 3.25. The number of aromatic nitrogens is 3. The summed E-state index contributed by atoms with van der Waals surface area (Å²) in [5, 5.41) is 3.01. The van der Waals surface area contributed by atoms with Crippen molar-refractivity contribution in [3.05, 3.63) is 48.9 Å². The summed E-state index contributed by atoms with van der Waals surface area (Å²) in [6.07, 6.45) is 9.96. The number of anilines is 1. The number of imidazole rings is 1. The predicted molar refractivity (Wildman–Crippen MR) is 89.0 cm³/mol. The Hall–Kier alpha value is -2.69. The normalized spacial score (nSPS) is 15.1. The van der Waals surface area contributed by atoms with Crippen LogP contribution >= 0.6 is 0 Å². The van der Waals surface area contributed by atoms with E-state index in [2.05, 4.69) is 15.3 Å². The van der Waals surface area contributed by atoms with Gasteiger partial charge in [0.15, 0.2) is 0 Å². The molecule has 2 aromatic heterocycles. The minimum absolute atomic E-state index is 0.146. The highest BCUT2D eigenvalue weighted by molar-refractivity contribution is 5.92. The third-order valence-corrected chi connectivity index (χ3v) is 4.41. The van der Waals surface area contributed by atoms with Gasteiger partial charge in [-0.3, -0.25) is 9.20 Å². The lowest BCUT2D eigenvalue weighted by atomic mass is 10.1. The summed E-state index contributed by atoms with van der Waals surface area (Å²) in [6.45, 7) is 0. The van der Waals surface area contributed by atoms with Gasteiger partial charge in [0.1, 0.15) is 0 Å². The number of fused-ring (bicyclic) bond motifs is 1. The van der Waals surface area contributed by atoms with Crippen LogP contribution in [0.3, 0.4) is 0 Å². The van der Waals surface area contributed by atoms with Crippen LogP contribution in [0.1, 0.15) is 25.7 Å². The fourth-order valence-corrected chi connectivity index (χ4v) is 3.13. The highest BCUT2D eigenvalue weighted by atomic mass is 16.1. The van der Waals surface area contributed by atoms with Gasteiger partial charge < -0.3 is 5.32 Å². The number of carbonyl (C=O) groups excluding carboxylic acids is 1. The lowest BCUT2D eigenvalue weighted by Gasteiger charge is -2.10.